The highest BCUT2D eigenvalue weighted by Gasteiger charge is 2.43. The molecule has 1 aromatic carbocycles. The Kier molecular flexibility index (Phi) is 4.84. The Bertz CT molecular complexity index is 698. The molecule has 0 bridgehead atoms. The van der Waals surface area contributed by atoms with Crippen LogP contribution in [0.1, 0.15) is 39.2 Å². The number of hydrogen-bond acceptors (Lipinski definition) is 4. The molecule has 0 radical (unpaired) electrons. The summed E-state index contributed by atoms with van der Waals surface area (Å²) in [7, 11) is 1.61. The van der Waals surface area contributed by atoms with Gasteiger partial charge in [-0.15, -0.1) is 0 Å². The Morgan fingerprint density at radius 1 is 1.04 bits per heavy atom. The first-order valence-electron chi connectivity index (χ1n) is 8.95. The summed E-state index contributed by atoms with van der Waals surface area (Å²) in [6.45, 7) is 7.63. The predicted octanol–water partition coefficient (Wildman–Crippen LogP) is 2.92. The van der Waals surface area contributed by atoms with Gasteiger partial charge >= 0.3 is 0 Å². The molecule has 2 amide bonds. The molecule has 0 unspecified atom stereocenters. The molecule has 5 heteroatoms. The maximum absolute atomic E-state index is 13.0. The van der Waals surface area contributed by atoms with E-state index in [1.807, 2.05) is 38.1 Å². The Hall–Kier alpha value is -2.30. The second-order valence-corrected chi connectivity index (χ2v) is 7.20. The third-order valence-electron chi connectivity index (χ3n) is 5.09. The van der Waals surface area contributed by atoms with Crippen molar-refractivity contribution in [3.63, 3.8) is 0 Å². The second-order valence-electron chi connectivity index (χ2n) is 7.20. The number of nitrogens with zero attached hydrogens (tertiary/aromatic N) is 2. The lowest BCUT2D eigenvalue weighted by atomic mass is 9.97. The summed E-state index contributed by atoms with van der Waals surface area (Å²) in [6, 6.07) is 7.21. The van der Waals surface area contributed by atoms with Crippen molar-refractivity contribution >= 4 is 17.4 Å². The van der Waals surface area contributed by atoms with Gasteiger partial charge in [0, 0.05) is 19.1 Å². The lowest BCUT2D eigenvalue weighted by molar-refractivity contribution is -0.139. The molecule has 5 nitrogen and oxygen atoms in total. The van der Waals surface area contributed by atoms with Crippen LogP contribution in [0.4, 0.5) is 0 Å². The smallest absolute Gasteiger partial charge is 0.278 e. The fourth-order valence-electron chi connectivity index (χ4n) is 3.55. The zero-order valence-electron chi connectivity index (χ0n) is 15.4. The fraction of sp³-hybridized carbons (Fsp3) is 0.500. The SMILES string of the molecule is COc1ccc(C2=C(N3CCC(C)CC3)C(=O)N(C(C)C)C2=O)cc1. The van der Waals surface area contributed by atoms with Crippen LogP contribution in [-0.2, 0) is 9.59 Å². The average Bonchev–Trinajstić information content (AvgIpc) is 2.86. The van der Waals surface area contributed by atoms with Gasteiger partial charge in [0.25, 0.3) is 11.8 Å². The summed E-state index contributed by atoms with van der Waals surface area (Å²) >= 11 is 0. The van der Waals surface area contributed by atoms with Crippen LogP contribution in [0.3, 0.4) is 0 Å². The maximum Gasteiger partial charge on any atom is 0.278 e. The summed E-state index contributed by atoms with van der Waals surface area (Å²) in [4.78, 5) is 29.5. The van der Waals surface area contributed by atoms with E-state index in [4.69, 9.17) is 4.74 Å². The Labute approximate surface area is 149 Å². The van der Waals surface area contributed by atoms with Crippen molar-refractivity contribution in [2.45, 2.75) is 39.7 Å². The number of methoxy groups -OCH3 is 1. The van der Waals surface area contributed by atoms with Crippen LogP contribution >= 0.6 is 0 Å². The van der Waals surface area contributed by atoms with Gasteiger partial charge in [0.2, 0.25) is 0 Å². The molecular formula is C20H26N2O3. The molecule has 0 atom stereocenters. The normalized spacial score (nSPS) is 19.4. The highest BCUT2D eigenvalue weighted by atomic mass is 16.5. The number of amides is 2. The maximum atomic E-state index is 13.0. The number of carbonyl (C=O) groups is 2. The number of piperidine rings is 1. The second kappa shape index (κ2) is 6.90. The molecule has 0 saturated carbocycles. The summed E-state index contributed by atoms with van der Waals surface area (Å²) in [5.41, 5.74) is 1.86. The monoisotopic (exact) mass is 342 g/mol. The van der Waals surface area contributed by atoms with E-state index >= 15 is 0 Å². The molecule has 0 spiro atoms. The van der Waals surface area contributed by atoms with E-state index in [1.165, 1.54) is 4.90 Å². The van der Waals surface area contributed by atoms with E-state index in [2.05, 4.69) is 11.8 Å². The third-order valence-corrected chi connectivity index (χ3v) is 5.09. The molecule has 0 aliphatic carbocycles. The number of imide groups is 1. The van der Waals surface area contributed by atoms with Crippen LogP contribution in [-0.4, -0.2) is 47.9 Å². The number of benzene rings is 1. The lowest BCUT2D eigenvalue weighted by Crippen LogP contribution is -2.41. The quantitative estimate of drug-likeness (QED) is 0.790. The van der Waals surface area contributed by atoms with Crippen LogP contribution in [0, 0.1) is 5.92 Å². The Morgan fingerprint density at radius 3 is 2.16 bits per heavy atom. The van der Waals surface area contributed by atoms with Gasteiger partial charge in [-0.1, -0.05) is 19.1 Å². The van der Waals surface area contributed by atoms with Crippen molar-refractivity contribution in [3.8, 4) is 5.75 Å². The Morgan fingerprint density at radius 2 is 1.64 bits per heavy atom. The molecule has 1 aromatic rings. The molecule has 3 rings (SSSR count). The number of ether oxygens (including phenoxy) is 1. The van der Waals surface area contributed by atoms with Gasteiger partial charge in [-0.05, 0) is 50.3 Å². The van der Waals surface area contributed by atoms with Crippen LogP contribution in [0.5, 0.6) is 5.75 Å². The van der Waals surface area contributed by atoms with Gasteiger partial charge < -0.3 is 9.64 Å². The highest BCUT2D eigenvalue weighted by Crippen LogP contribution is 2.35. The van der Waals surface area contributed by atoms with Gasteiger partial charge in [0.15, 0.2) is 0 Å². The molecule has 2 aliphatic rings. The fourth-order valence-corrected chi connectivity index (χ4v) is 3.55. The molecule has 134 valence electrons. The summed E-state index contributed by atoms with van der Waals surface area (Å²) in [6.07, 6.45) is 2.09. The number of likely N-dealkylation sites (tertiary alicyclic amines) is 1. The molecule has 1 fully saturated rings. The van der Waals surface area contributed by atoms with Crippen molar-refractivity contribution in [3.05, 3.63) is 35.5 Å². The van der Waals surface area contributed by atoms with Crippen molar-refractivity contribution in [2.75, 3.05) is 20.2 Å². The first kappa shape index (κ1) is 17.5. The largest absolute Gasteiger partial charge is 0.497 e. The van der Waals surface area contributed by atoms with E-state index in [0.29, 0.717) is 17.2 Å². The van der Waals surface area contributed by atoms with Crippen LogP contribution in [0.2, 0.25) is 0 Å². The van der Waals surface area contributed by atoms with E-state index in [1.54, 1.807) is 7.11 Å². The topological polar surface area (TPSA) is 49.9 Å². The standard InChI is InChI=1S/C20H26N2O3/c1-13(2)22-19(23)17(15-5-7-16(25-4)8-6-15)18(20(22)24)21-11-9-14(3)10-12-21/h5-8,13-14H,9-12H2,1-4H3. The number of hydrogen-bond donors (Lipinski definition) is 0. The van der Waals surface area contributed by atoms with Gasteiger partial charge in [0.05, 0.1) is 12.7 Å². The molecule has 25 heavy (non-hydrogen) atoms. The molecule has 2 aliphatic heterocycles. The van der Waals surface area contributed by atoms with Gasteiger partial charge in [-0.3, -0.25) is 14.5 Å². The van der Waals surface area contributed by atoms with Crippen LogP contribution in [0.15, 0.2) is 30.0 Å². The molecule has 0 aromatic heterocycles. The minimum atomic E-state index is -0.196. The lowest BCUT2D eigenvalue weighted by Gasteiger charge is -2.33. The average molecular weight is 342 g/mol. The summed E-state index contributed by atoms with van der Waals surface area (Å²) < 4.78 is 5.21. The van der Waals surface area contributed by atoms with Crippen molar-refractivity contribution < 1.29 is 14.3 Å². The minimum absolute atomic E-state index is 0.158. The number of rotatable bonds is 4. The highest BCUT2D eigenvalue weighted by molar-refractivity contribution is 6.35. The first-order valence-corrected chi connectivity index (χ1v) is 8.95. The molecule has 0 N–H and O–H groups in total. The zero-order chi connectivity index (χ0) is 18.1. The first-order chi connectivity index (χ1) is 11.9. The predicted molar refractivity (Wildman–Crippen MR) is 96.9 cm³/mol. The van der Waals surface area contributed by atoms with E-state index in [-0.39, 0.29) is 17.9 Å². The van der Waals surface area contributed by atoms with Crippen LogP contribution in [0.25, 0.3) is 5.57 Å². The third kappa shape index (κ3) is 3.15. The van der Waals surface area contributed by atoms with Crippen molar-refractivity contribution in [1.29, 1.82) is 0 Å². The van der Waals surface area contributed by atoms with E-state index in [0.717, 1.165) is 37.2 Å². The molecule has 2 heterocycles. The van der Waals surface area contributed by atoms with E-state index in [9.17, 15) is 9.59 Å². The molecular weight excluding hydrogens is 316 g/mol. The Balaban J connectivity index is 2.05. The number of carbonyl (C=O) groups excluding carboxylic acids is 2. The zero-order valence-corrected chi connectivity index (χ0v) is 15.4. The minimum Gasteiger partial charge on any atom is -0.497 e. The summed E-state index contributed by atoms with van der Waals surface area (Å²) in [5.74, 6) is 1.03. The van der Waals surface area contributed by atoms with Crippen molar-refractivity contribution in [2.24, 2.45) is 5.92 Å². The van der Waals surface area contributed by atoms with Gasteiger partial charge in [-0.2, -0.15) is 0 Å². The van der Waals surface area contributed by atoms with Gasteiger partial charge in [0.1, 0.15) is 11.4 Å². The summed E-state index contributed by atoms with van der Waals surface area (Å²) in [5, 5.41) is 0. The van der Waals surface area contributed by atoms with Crippen LogP contribution < -0.4 is 4.74 Å². The van der Waals surface area contributed by atoms with Gasteiger partial charge in [-0.25, -0.2) is 0 Å². The van der Waals surface area contributed by atoms with Crippen molar-refractivity contribution in [1.82, 2.24) is 9.80 Å². The van der Waals surface area contributed by atoms with E-state index < -0.39 is 0 Å². The molecule has 1 saturated heterocycles.